The quantitative estimate of drug-likeness (QED) is 0.451. The Balaban J connectivity index is 1.37. The number of furan rings is 1. The van der Waals surface area contributed by atoms with E-state index in [0.29, 0.717) is 42.7 Å². The molecule has 0 spiro atoms. The van der Waals surface area contributed by atoms with Crippen LogP contribution in [0.5, 0.6) is 0 Å². The van der Waals surface area contributed by atoms with E-state index in [2.05, 4.69) is 37.3 Å². The van der Waals surface area contributed by atoms with Crippen molar-refractivity contribution in [3.63, 3.8) is 0 Å². The number of thiophene rings is 1. The maximum atomic E-state index is 13.4. The fraction of sp³-hybridized carbons (Fsp3) is 0.360. The molecule has 0 aliphatic carbocycles. The Bertz CT molecular complexity index is 1330. The van der Waals surface area contributed by atoms with E-state index in [9.17, 15) is 9.59 Å². The average molecular weight is 478 g/mol. The topological polar surface area (TPSA) is 93.3 Å². The molecule has 0 atom stereocenters. The molecule has 1 aliphatic heterocycles. The van der Waals surface area contributed by atoms with Crippen molar-refractivity contribution in [2.45, 2.75) is 45.7 Å². The van der Waals surface area contributed by atoms with Crippen LogP contribution in [0, 0.1) is 6.92 Å². The number of amides is 2. The van der Waals surface area contributed by atoms with Gasteiger partial charge in [-0.15, -0.1) is 11.3 Å². The second-order valence-electron chi connectivity index (χ2n) is 8.94. The van der Waals surface area contributed by atoms with E-state index in [1.165, 1.54) is 17.4 Å². The second kappa shape index (κ2) is 9.06. The lowest BCUT2D eigenvalue weighted by Gasteiger charge is -2.32. The molecule has 1 aliphatic rings. The van der Waals surface area contributed by atoms with Crippen LogP contribution in [0.4, 0.5) is 0 Å². The molecule has 1 N–H and O–H groups in total. The summed E-state index contributed by atoms with van der Waals surface area (Å²) in [4.78, 5) is 34.9. The van der Waals surface area contributed by atoms with Gasteiger partial charge in [0, 0.05) is 30.1 Å². The van der Waals surface area contributed by atoms with Gasteiger partial charge in [-0.05, 0) is 57.9 Å². The number of nitrogens with one attached hydrogen (secondary N) is 1. The molecular formula is C25H27N5O3S. The molecule has 8 nitrogen and oxygen atoms in total. The minimum absolute atomic E-state index is 0.00306. The Morgan fingerprint density at radius 1 is 1.21 bits per heavy atom. The van der Waals surface area contributed by atoms with Crippen molar-refractivity contribution in [3.8, 4) is 10.6 Å². The first kappa shape index (κ1) is 22.3. The van der Waals surface area contributed by atoms with Crippen LogP contribution in [0.1, 0.15) is 58.3 Å². The summed E-state index contributed by atoms with van der Waals surface area (Å²) in [5.41, 5.74) is 2.62. The third-order valence-corrected chi connectivity index (χ3v) is 7.20. The highest BCUT2D eigenvalue weighted by molar-refractivity contribution is 7.15. The largest absolute Gasteiger partial charge is 0.472 e. The zero-order valence-electron chi connectivity index (χ0n) is 19.4. The number of fused-ring (bicyclic) bond motifs is 1. The highest BCUT2D eigenvalue weighted by Crippen LogP contribution is 2.31. The van der Waals surface area contributed by atoms with E-state index in [1.807, 2.05) is 21.7 Å². The molecule has 4 aromatic heterocycles. The summed E-state index contributed by atoms with van der Waals surface area (Å²) in [6.07, 6.45) is 6.10. The molecule has 34 heavy (non-hydrogen) atoms. The number of carbonyl (C=O) groups excluding carboxylic acids is 2. The van der Waals surface area contributed by atoms with Gasteiger partial charge in [0.15, 0.2) is 5.65 Å². The smallest absolute Gasteiger partial charge is 0.257 e. The van der Waals surface area contributed by atoms with Crippen LogP contribution in [0.2, 0.25) is 0 Å². The van der Waals surface area contributed by atoms with Crippen molar-refractivity contribution in [2.24, 2.45) is 0 Å². The SMILES string of the molecule is Cc1ccc(-c2cc(C(=O)NC3CCN(C(=O)c4ccoc4)CC3)c3cnn(C(C)C)c3n2)s1. The summed E-state index contributed by atoms with van der Waals surface area (Å²) in [5.74, 6) is -0.170. The molecule has 2 amide bonds. The Kier molecular flexibility index (Phi) is 5.95. The van der Waals surface area contributed by atoms with E-state index in [-0.39, 0.29) is 23.9 Å². The predicted molar refractivity (Wildman–Crippen MR) is 131 cm³/mol. The number of likely N-dealkylation sites (tertiary alicyclic amines) is 1. The summed E-state index contributed by atoms with van der Waals surface area (Å²) in [5, 5.41) is 8.44. The number of pyridine rings is 1. The number of rotatable bonds is 5. The summed E-state index contributed by atoms with van der Waals surface area (Å²) < 4.78 is 6.89. The number of aryl methyl sites for hydroxylation is 1. The first-order chi connectivity index (χ1) is 16.4. The number of hydrogen-bond donors (Lipinski definition) is 1. The summed E-state index contributed by atoms with van der Waals surface area (Å²) in [6, 6.07) is 7.76. The predicted octanol–water partition coefficient (Wildman–Crippen LogP) is 4.68. The molecule has 4 aromatic rings. The van der Waals surface area contributed by atoms with Crippen LogP contribution in [-0.2, 0) is 0 Å². The normalized spacial score (nSPS) is 14.8. The fourth-order valence-electron chi connectivity index (χ4n) is 4.34. The van der Waals surface area contributed by atoms with Crippen molar-refractivity contribution in [1.29, 1.82) is 0 Å². The highest BCUT2D eigenvalue weighted by Gasteiger charge is 2.27. The highest BCUT2D eigenvalue weighted by atomic mass is 32.1. The maximum Gasteiger partial charge on any atom is 0.257 e. The van der Waals surface area contributed by atoms with Crippen LogP contribution >= 0.6 is 11.3 Å². The molecule has 0 aromatic carbocycles. The first-order valence-corrected chi connectivity index (χ1v) is 12.3. The van der Waals surface area contributed by atoms with Crippen LogP contribution in [0.3, 0.4) is 0 Å². The van der Waals surface area contributed by atoms with Gasteiger partial charge in [0.05, 0.1) is 39.5 Å². The van der Waals surface area contributed by atoms with Crippen LogP contribution in [-0.4, -0.2) is 50.6 Å². The van der Waals surface area contributed by atoms with Gasteiger partial charge in [0.25, 0.3) is 11.8 Å². The fourth-order valence-corrected chi connectivity index (χ4v) is 5.17. The zero-order valence-corrected chi connectivity index (χ0v) is 20.3. The van der Waals surface area contributed by atoms with Crippen molar-refractivity contribution in [2.75, 3.05) is 13.1 Å². The molecular weight excluding hydrogens is 450 g/mol. The van der Waals surface area contributed by atoms with Gasteiger partial charge in [-0.25, -0.2) is 9.67 Å². The number of piperidine rings is 1. The maximum absolute atomic E-state index is 13.4. The van der Waals surface area contributed by atoms with E-state index >= 15 is 0 Å². The Morgan fingerprint density at radius 2 is 2.00 bits per heavy atom. The lowest BCUT2D eigenvalue weighted by atomic mass is 10.0. The van der Waals surface area contributed by atoms with E-state index in [1.54, 1.807) is 23.6 Å². The molecule has 9 heteroatoms. The lowest BCUT2D eigenvalue weighted by molar-refractivity contribution is 0.0697. The second-order valence-corrected chi connectivity index (χ2v) is 10.2. The van der Waals surface area contributed by atoms with Gasteiger partial charge in [0.2, 0.25) is 0 Å². The Morgan fingerprint density at radius 3 is 2.65 bits per heavy atom. The molecule has 0 saturated carbocycles. The van der Waals surface area contributed by atoms with E-state index in [4.69, 9.17) is 9.40 Å². The standard InChI is InChI=1S/C25H27N5O3S/c1-15(2)30-23-20(13-26-30)19(12-21(28-23)22-5-4-16(3)34-22)24(31)27-18-6-9-29(10-7-18)25(32)17-8-11-33-14-17/h4-5,8,11-15,18H,6-7,9-10H2,1-3H3,(H,27,31). The molecule has 1 fully saturated rings. The Labute approximate surface area is 201 Å². The molecule has 1 saturated heterocycles. The average Bonchev–Trinajstić information content (AvgIpc) is 3.59. The van der Waals surface area contributed by atoms with Crippen LogP contribution < -0.4 is 5.32 Å². The van der Waals surface area contributed by atoms with Gasteiger partial charge in [0.1, 0.15) is 6.26 Å². The first-order valence-electron chi connectivity index (χ1n) is 11.5. The monoisotopic (exact) mass is 477 g/mol. The molecule has 176 valence electrons. The molecule has 5 heterocycles. The van der Waals surface area contributed by atoms with Crippen molar-refractivity contribution in [3.05, 3.63) is 59.0 Å². The molecule has 0 radical (unpaired) electrons. The van der Waals surface area contributed by atoms with Gasteiger partial charge >= 0.3 is 0 Å². The number of aromatic nitrogens is 3. The summed E-state index contributed by atoms with van der Waals surface area (Å²) in [6.45, 7) is 7.34. The van der Waals surface area contributed by atoms with Crippen molar-refractivity contribution >= 4 is 34.2 Å². The Hall–Kier alpha value is -3.46. The van der Waals surface area contributed by atoms with Gasteiger partial charge < -0.3 is 14.6 Å². The lowest BCUT2D eigenvalue weighted by Crippen LogP contribution is -2.46. The summed E-state index contributed by atoms with van der Waals surface area (Å²) in [7, 11) is 0. The van der Waals surface area contributed by atoms with Crippen LogP contribution in [0.25, 0.3) is 21.6 Å². The van der Waals surface area contributed by atoms with E-state index < -0.39 is 0 Å². The number of carbonyl (C=O) groups is 2. The minimum atomic E-state index is -0.134. The van der Waals surface area contributed by atoms with E-state index in [0.717, 1.165) is 16.0 Å². The third-order valence-electron chi connectivity index (χ3n) is 6.18. The summed E-state index contributed by atoms with van der Waals surface area (Å²) >= 11 is 1.66. The van der Waals surface area contributed by atoms with Gasteiger partial charge in [-0.3, -0.25) is 9.59 Å². The van der Waals surface area contributed by atoms with Crippen molar-refractivity contribution in [1.82, 2.24) is 25.0 Å². The molecule has 0 unspecified atom stereocenters. The van der Waals surface area contributed by atoms with Crippen molar-refractivity contribution < 1.29 is 14.0 Å². The zero-order chi connectivity index (χ0) is 23.8. The van der Waals surface area contributed by atoms with Gasteiger partial charge in [-0.2, -0.15) is 5.10 Å². The molecule has 5 rings (SSSR count). The minimum Gasteiger partial charge on any atom is -0.472 e. The third kappa shape index (κ3) is 4.23. The molecule has 0 bridgehead atoms. The van der Waals surface area contributed by atoms with Gasteiger partial charge in [-0.1, -0.05) is 0 Å². The number of nitrogens with zero attached hydrogens (tertiary/aromatic N) is 4. The van der Waals surface area contributed by atoms with Crippen LogP contribution in [0.15, 0.2) is 47.4 Å². The number of hydrogen-bond acceptors (Lipinski definition) is 6.